The minimum atomic E-state index is 0.00365. The van der Waals surface area contributed by atoms with Crippen molar-refractivity contribution < 1.29 is 9.53 Å². The highest BCUT2D eigenvalue weighted by molar-refractivity contribution is 5.92. The summed E-state index contributed by atoms with van der Waals surface area (Å²) >= 11 is 0. The molecule has 2 heterocycles. The highest BCUT2D eigenvalue weighted by atomic mass is 16.5. The zero-order valence-electron chi connectivity index (χ0n) is 11.2. The topological polar surface area (TPSA) is 42.4 Å². The monoisotopic (exact) mass is 248 g/mol. The first kappa shape index (κ1) is 13.0. The Morgan fingerprint density at radius 3 is 2.89 bits per heavy atom. The molecule has 2 rings (SSSR count). The van der Waals surface area contributed by atoms with Crippen molar-refractivity contribution in [1.29, 1.82) is 0 Å². The van der Waals surface area contributed by atoms with Gasteiger partial charge in [-0.25, -0.2) is 0 Å². The number of carbonyl (C=O) groups excluding carboxylic acids is 1. The molecule has 4 nitrogen and oxygen atoms in total. The summed E-state index contributed by atoms with van der Waals surface area (Å²) in [6, 6.07) is 4.17. The Morgan fingerprint density at radius 2 is 2.33 bits per heavy atom. The second kappa shape index (κ2) is 5.48. The van der Waals surface area contributed by atoms with Gasteiger partial charge in [-0.1, -0.05) is 6.92 Å². The predicted octanol–water partition coefficient (Wildman–Crippen LogP) is 2.29. The number of hydrogen-bond acceptors (Lipinski definition) is 4. The minimum Gasteiger partial charge on any atom is -0.375 e. The third kappa shape index (κ3) is 2.70. The van der Waals surface area contributed by atoms with Gasteiger partial charge in [-0.05, 0) is 25.5 Å². The third-order valence-electron chi connectivity index (χ3n) is 3.38. The summed E-state index contributed by atoms with van der Waals surface area (Å²) in [5.74, 6) is 0.00365. The maximum absolute atomic E-state index is 11.2. The van der Waals surface area contributed by atoms with Crippen LogP contribution in [0.3, 0.4) is 0 Å². The van der Waals surface area contributed by atoms with Crippen LogP contribution in [0.25, 0.3) is 0 Å². The summed E-state index contributed by atoms with van der Waals surface area (Å²) < 4.78 is 5.68. The second-order valence-corrected chi connectivity index (χ2v) is 4.82. The minimum absolute atomic E-state index is 0.00365. The van der Waals surface area contributed by atoms with Gasteiger partial charge in [-0.15, -0.1) is 0 Å². The zero-order valence-corrected chi connectivity index (χ0v) is 11.2. The van der Waals surface area contributed by atoms with Gasteiger partial charge in [0, 0.05) is 13.5 Å². The average Bonchev–Trinajstić information content (AvgIpc) is 2.39. The molecule has 1 aromatic heterocycles. The summed E-state index contributed by atoms with van der Waals surface area (Å²) in [7, 11) is 0. The molecule has 1 fully saturated rings. The van der Waals surface area contributed by atoms with Gasteiger partial charge in [-0.3, -0.25) is 9.78 Å². The number of hydrogen-bond donors (Lipinski definition) is 0. The maximum Gasteiger partial charge on any atom is 0.178 e. The first-order valence-corrected chi connectivity index (χ1v) is 6.47. The van der Waals surface area contributed by atoms with E-state index in [9.17, 15) is 4.79 Å². The largest absolute Gasteiger partial charge is 0.375 e. The van der Waals surface area contributed by atoms with E-state index in [1.54, 1.807) is 12.3 Å². The van der Waals surface area contributed by atoms with Crippen molar-refractivity contribution in [3.8, 4) is 0 Å². The summed E-state index contributed by atoms with van der Waals surface area (Å²) in [6.45, 7) is 7.41. The fourth-order valence-corrected chi connectivity index (χ4v) is 2.26. The molecular formula is C14H20N2O2. The van der Waals surface area contributed by atoms with Crippen LogP contribution in [0.1, 0.15) is 37.7 Å². The highest BCUT2D eigenvalue weighted by Gasteiger charge is 2.25. The Kier molecular flexibility index (Phi) is 3.97. The molecule has 18 heavy (non-hydrogen) atoms. The highest BCUT2D eigenvalue weighted by Crippen LogP contribution is 2.22. The van der Waals surface area contributed by atoms with E-state index in [2.05, 4.69) is 23.7 Å². The van der Waals surface area contributed by atoms with Gasteiger partial charge >= 0.3 is 0 Å². The Bertz CT molecular complexity index is 416. The number of ether oxygens (including phenoxy) is 1. The van der Waals surface area contributed by atoms with E-state index in [-0.39, 0.29) is 11.9 Å². The van der Waals surface area contributed by atoms with Crippen molar-refractivity contribution in [2.24, 2.45) is 0 Å². The van der Waals surface area contributed by atoms with Gasteiger partial charge < -0.3 is 9.64 Å². The summed E-state index contributed by atoms with van der Waals surface area (Å²) in [5, 5.41) is 0. The first-order chi connectivity index (χ1) is 8.61. The maximum atomic E-state index is 11.2. The van der Waals surface area contributed by atoms with Crippen molar-refractivity contribution in [2.75, 3.05) is 18.1 Å². The summed E-state index contributed by atoms with van der Waals surface area (Å²) in [6.07, 6.45) is 3.07. The van der Waals surface area contributed by atoms with Crippen molar-refractivity contribution in [2.45, 2.75) is 39.3 Å². The van der Waals surface area contributed by atoms with Gasteiger partial charge in [0.05, 0.1) is 30.6 Å². The van der Waals surface area contributed by atoms with E-state index in [0.717, 1.165) is 25.3 Å². The molecule has 0 radical (unpaired) electrons. The number of rotatable bonds is 3. The Labute approximate surface area is 108 Å². The van der Waals surface area contributed by atoms with Crippen LogP contribution in [0.4, 0.5) is 5.69 Å². The molecule has 2 unspecified atom stereocenters. The molecule has 0 bridgehead atoms. The standard InChI is InChI=1S/C14H20N2O2/c1-4-12-9-18-10(2)8-16(12)13-5-6-14(11(3)17)15-7-13/h5-7,10,12H,4,8-9H2,1-3H3. The smallest absolute Gasteiger partial charge is 0.178 e. The second-order valence-electron chi connectivity index (χ2n) is 4.82. The summed E-state index contributed by atoms with van der Waals surface area (Å²) in [4.78, 5) is 17.7. The van der Waals surface area contributed by atoms with Gasteiger partial charge in [0.25, 0.3) is 0 Å². The number of morpholine rings is 1. The number of ketones is 1. The van der Waals surface area contributed by atoms with Crippen LogP contribution in [0, 0.1) is 0 Å². The molecule has 0 aromatic carbocycles. The Morgan fingerprint density at radius 1 is 1.56 bits per heavy atom. The fourth-order valence-electron chi connectivity index (χ4n) is 2.26. The van der Waals surface area contributed by atoms with E-state index >= 15 is 0 Å². The van der Waals surface area contributed by atoms with Crippen LogP contribution in [-0.4, -0.2) is 36.1 Å². The van der Waals surface area contributed by atoms with Crippen LogP contribution in [0.5, 0.6) is 0 Å². The van der Waals surface area contributed by atoms with Crippen LogP contribution in [0.15, 0.2) is 18.3 Å². The third-order valence-corrected chi connectivity index (χ3v) is 3.38. The van der Waals surface area contributed by atoms with Crippen molar-refractivity contribution in [3.05, 3.63) is 24.0 Å². The molecule has 1 aliphatic heterocycles. The Balaban J connectivity index is 2.20. The van der Waals surface area contributed by atoms with Crippen molar-refractivity contribution in [1.82, 2.24) is 4.98 Å². The number of Topliss-reactive ketones (excluding diaryl/α,β-unsaturated/α-hetero) is 1. The normalized spacial score (nSPS) is 24.1. The van der Waals surface area contributed by atoms with E-state index in [0.29, 0.717) is 11.7 Å². The number of carbonyl (C=O) groups is 1. The molecule has 0 aliphatic carbocycles. The van der Waals surface area contributed by atoms with Crippen molar-refractivity contribution in [3.63, 3.8) is 0 Å². The molecule has 1 aromatic rings. The van der Waals surface area contributed by atoms with Crippen LogP contribution < -0.4 is 4.90 Å². The molecule has 4 heteroatoms. The number of nitrogens with zero attached hydrogens (tertiary/aromatic N) is 2. The summed E-state index contributed by atoms with van der Waals surface area (Å²) in [5.41, 5.74) is 1.59. The van der Waals surface area contributed by atoms with Crippen LogP contribution in [-0.2, 0) is 4.74 Å². The molecule has 2 atom stereocenters. The number of aromatic nitrogens is 1. The van der Waals surface area contributed by atoms with E-state index < -0.39 is 0 Å². The van der Waals surface area contributed by atoms with Crippen LogP contribution in [0.2, 0.25) is 0 Å². The first-order valence-electron chi connectivity index (χ1n) is 6.47. The van der Waals surface area contributed by atoms with E-state index in [4.69, 9.17) is 4.74 Å². The SMILES string of the molecule is CCC1COC(C)CN1c1ccc(C(C)=O)nc1. The lowest BCUT2D eigenvalue weighted by Gasteiger charge is -2.39. The van der Waals surface area contributed by atoms with E-state index in [1.807, 2.05) is 6.07 Å². The van der Waals surface area contributed by atoms with Gasteiger partial charge in [0.15, 0.2) is 5.78 Å². The number of pyridine rings is 1. The molecule has 0 spiro atoms. The Hall–Kier alpha value is -1.42. The molecule has 1 saturated heterocycles. The zero-order chi connectivity index (χ0) is 13.1. The molecule has 0 N–H and O–H groups in total. The molecule has 98 valence electrons. The quantitative estimate of drug-likeness (QED) is 0.770. The molecule has 0 saturated carbocycles. The lowest BCUT2D eigenvalue weighted by atomic mass is 10.1. The molecule has 1 aliphatic rings. The van der Waals surface area contributed by atoms with Crippen molar-refractivity contribution >= 4 is 11.5 Å². The van der Waals surface area contributed by atoms with E-state index in [1.165, 1.54) is 6.92 Å². The lowest BCUT2D eigenvalue weighted by molar-refractivity contribution is 0.0299. The molecule has 0 amide bonds. The lowest BCUT2D eigenvalue weighted by Crippen LogP contribution is -2.48. The number of anilines is 1. The molecular weight excluding hydrogens is 228 g/mol. The van der Waals surface area contributed by atoms with Gasteiger partial charge in [0.2, 0.25) is 0 Å². The van der Waals surface area contributed by atoms with Crippen LogP contribution >= 0.6 is 0 Å². The van der Waals surface area contributed by atoms with Gasteiger partial charge in [-0.2, -0.15) is 0 Å². The average molecular weight is 248 g/mol. The predicted molar refractivity (Wildman–Crippen MR) is 71.1 cm³/mol. The van der Waals surface area contributed by atoms with Gasteiger partial charge in [0.1, 0.15) is 5.69 Å². The fraction of sp³-hybridized carbons (Fsp3) is 0.571.